The number of aromatic amines is 1. The predicted octanol–water partition coefficient (Wildman–Crippen LogP) is 7.13. The Hall–Kier alpha value is -4.89. The molecule has 39 heavy (non-hydrogen) atoms. The summed E-state index contributed by atoms with van der Waals surface area (Å²) in [7, 11) is 0. The van der Waals surface area contributed by atoms with Gasteiger partial charge in [0.25, 0.3) is 0 Å². The third-order valence-electron chi connectivity index (χ3n) is 7.29. The minimum atomic E-state index is -1.07. The summed E-state index contributed by atoms with van der Waals surface area (Å²) in [4.78, 5) is 20.1. The van der Waals surface area contributed by atoms with Crippen molar-refractivity contribution >= 4 is 17.1 Å². The number of benzene rings is 4. The van der Waals surface area contributed by atoms with Crippen molar-refractivity contribution in [2.75, 3.05) is 0 Å². The van der Waals surface area contributed by atoms with Crippen LogP contribution in [0.15, 0.2) is 103 Å². The minimum Gasteiger partial charge on any atom is -0.465 e. The Labute approximate surface area is 228 Å². The van der Waals surface area contributed by atoms with E-state index in [-0.39, 0.29) is 11.8 Å². The molecule has 0 aliphatic heterocycles. The first-order valence-electron chi connectivity index (χ1n) is 13.1. The van der Waals surface area contributed by atoms with E-state index in [2.05, 4.69) is 45.6 Å². The Kier molecular flexibility index (Phi) is 7.70. The van der Waals surface area contributed by atoms with Crippen molar-refractivity contribution in [3.05, 3.63) is 137 Å². The lowest BCUT2D eigenvalue weighted by Crippen LogP contribution is -2.36. The number of fused-ring (bicyclic) bond motifs is 1. The summed E-state index contributed by atoms with van der Waals surface area (Å²) in [6.07, 6.45) is 0.380. The highest BCUT2D eigenvalue weighted by molar-refractivity contribution is 5.76. The Morgan fingerprint density at radius 2 is 1.56 bits per heavy atom. The van der Waals surface area contributed by atoms with Gasteiger partial charge in [-0.15, -0.1) is 0 Å². The molecule has 194 valence electrons. The van der Waals surface area contributed by atoms with Crippen LogP contribution in [-0.2, 0) is 6.42 Å². The van der Waals surface area contributed by atoms with Crippen molar-refractivity contribution < 1.29 is 9.90 Å². The first-order valence-corrected chi connectivity index (χ1v) is 13.1. The lowest BCUT2D eigenvalue weighted by Gasteiger charge is -2.35. The summed E-state index contributed by atoms with van der Waals surface area (Å²) in [6, 6.07) is 35.8. The fraction of sp³-hybridized carbons (Fsp3) is 0.182. The van der Waals surface area contributed by atoms with E-state index in [1.165, 1.54) is 0 Å². The topological polar surface area (TPSA) is 102 Å². The molecule has 4 aromatic carbocycles. The molecule has 0 saturated heterocycles. The van der Waals surface area contributed by atoms with E-state index in [0.717, 1.165) is 45.5 Å². The summed E-state index contributed by atoms with van der Waals surface area (Å²) in [6.45, 7) is 1.91. The van der Waals surface area contributed by atoms with E-state index in [9.17, 15) is 15.2 Å². The number of imidazole rings is 1. The summed E-state index contributed by atoms with van der Waals surface area (Å²) in [5.74, 6) is 0.624. The number of nitriles is 1. The van der Waals surface area contributed by atoms with E-state index in [1.54, 1.807) is 0 Å². The normalized spacial score (nSPS) is 12.6. The number of aromatic nitrogens is 2. The number of carbonyl (C=O) groups is 1. The second-order valence-electron chi connectivity index (χ2n) is 9.84. The molecular weight excluding hydrogens is 484 g/mol. The SMILES string of the molecule is Cc1nc2ccc(C(NC(=O)O)C(CCc3ccc(C#N)cc3)C(c3ccccc3)c3ccccc3)cc2[nH]1. The van der Waals surface area contributed by atoms with Gasteiger partial charge < -0.3 is 15.4 Å². The second kappa shape index (κ2) is 11.7. The molecule has 2 unspecified atom stereocenters. The molecule has 0 aliphatic rings. The van der Waals surface area contributed by atoms with Gasteiger partial charge in [0.2, 0.25) is 0 Å². The predicted molar refractivity (Wildman–Crippen MR) is 152 cm³/mol. The molecule has 3 N–H and O–H groups in total. The molecule has 5 aromatic rings. The zero-order chi connectivity index (χ0) is 27.2. The van der Waals surface area contributed by atoms with Crippen LogP contribution >= 0.6 is 0 Å². The summed E-state index contributed by atoms with van der Waals surface area (Å²) >= 11 is 0. The maximum Gasteiger partial charge on any atom is 0.405 e. The molecule has 6 nitrogen and oxygen atoms in total. The quantitative estimate of drug-likeness (QED) is 0.195. The molecule has 0 spiro atoms. The zero-order valence-electron chi connectivity index (χ0n) is 21.7. The van der Waals surface area contributed by atoms with Crippen LogP contribution in [0.5, 0.6) is 0 Å². The number of rotatable bonds is 9. The lowest BCUT2D eigenvalue weighted by molar-refractivity contribution is 0.181. The summed E-state index contributed by atoms with van der Waals surface area (Å²) in [5, 5.41) is 22.1. The highest BCUT2D eigenvalue weighted by Gasteiger charge is 2.34. The van der Waals surface area contributed by atoms with Crippen LogP contribution in [0.25, 0.3) is 11.0 Å². The molecule has 1 aromatic heterocycles. The van der Waals surface area contributed by atoms with Crippen molar-refractivity contribution in [3.63, 3.8) is 0 Å². The molecule has 5 rings (SSSR count). The summed E-state index contributed by atoms with van der Waals surface area (Å²) < 4.78 is 0. The van der Waals surface area contributed by atoms with E-state index in [4.69, 9.17) is 0 Å². The lowest BCUT2D eigenvalue weighted by atomic mass is 9.72. The maximum atomic E-state index is 12.2. The highest BCUT2D eigenvalue weighted by atomic mass is 16.4. The van der Waals surface area contributed by atoms with E-state index >= 15 is 0 Å². The van der Waals surface area contributed by atoms with Crippen LogP contribution in [0, 0.1) is 24.2 Å². The molecule has 1 amide bonds. The highest BCUT2D eigenvalue weighted by Crippen LogP contribution is 2.42. The van der Waals surface area contributed by atoms with E-state index in [1.807, 2.05) is 85.8 Å². The Bertz CT molecular complexity index is 1550. The molecule has 1 heterocycles. The molecular formula is C33H30N4O2. The number of hydrogen-bond donors (Lipinski definition) is 3. The van der Waals surface area contributed by atoms with Crippen molar-refractivity contribution in [2.45, 2.75) is 31.7 Å². The van der Waals surface area contributed by atoms with Gasteiger partial charge in [-0.25, -0.2) is 9.78 Å². The van der Waals surface area contributed by atoms with Crippen LogP contribution in [0.2, 0.25) is 0 Å². The molecule has 0 saturated carbocycles. The number of hydrogen-bond acceptors (Lipinski definition) is 3. The van der Waals surface area contributed by atoms with Crippen LogP contribution < -0.4 is 5.32 Å². The van der Waals surface area contributed by atoms with Crippen molar-refractivity contribution in [1.82, 2.24) is 15.3 Å². The molecule has 0 radical (unpaired) electrons. The number of amides is 1. The first kappa shape index (κ1) is 25.7. The second-order valence-corrected chi connectivity index (χ2v) is 9.84. The zero-order valence-corrected chi connectivity index (χ0v) is 21.7. The van der Waals surface area contributed by atoms with Gasteiger partial charge in [0, 0.05) is 5.92 Å². The van der Waals surface area contributed by atoms with Crippen LogP contribution in [-0.4, -0.2) is 21.2 Å². The van der Waals surface area contributed by atoms with Gasteiger partial charge >= 0.3 is 6.09 Å². The number of nitrogens with one attached hydrogen (secondary N) is 2. The average Bonchev–Trinajstić information content (AvgIpc) is 3.34. The molecule has 6 heteroatoms. The van der Waals surface area contributed by atoms with Crippen LogP contribution in [0.1, 0.15) is 52.0 Å². The minimum absolute atomic E-state index is 0.0677. The molecule has 2 atom stereocenters. The van der Waals surface area contributed by atoms with Gasteiger partial charge in [0.1, 0.15) is 5.82 Å². The van der Waals surface area contributed by atoms with Gasteiger partial charge in [-0.3, -0.25) is 0 Å². The monoisotopic (exact) mass is 514 g/mol. The van der Waals surface area contributed by atoms with Gasteiger partial charge in [-0.05, 0) is 72.2 Å². The smallest absolute Gasteiger partial charge is 0.405 e. The van der Waals surface area contributed by atoms with E-state index < -0.39 is 12.1 Å². The fourth-order valence-electron chi connectivity index (χ4n) is 5.53. The molecule has 0 aliphatic carbocycles. The third-order valence-corrected chi connectivity index (χ3v) is 7.29. The third kappa shape index (κ3) is 6.00. The number of aryl methyl sites for hydroxylation is 2. The van der Waals surface area contributed by atoms with Gasteiger partial charge in [-0.1, -0.05) is 78.9 Å². The largest absolute Gasteiger partial charge is 0.465 e. The number of carboxylic acid groups (broad SMARTS) is 1. The van der Waals surface area contributed by atoms with Gasteiger partial charge in [0.05, 0.1) is 28.7 Å². The number of nitrogens with zero attached hydrogens (tertiary/aromatic N) is 2. The van der Waals surface area contributed by atoms with Crippen molar-refractivity contribution in [3.8, 4) is 6.07 Å². The Morgan fingerprint density at radius 3 is 2.15 bits per heavy atom. The number of H-pyrrole nitrogens is 1. The van der Waals surface area contributed by atoms with Crippen LogP contribution in [0.3, 0.4) is 0 Å². The van der Waals surface area contributed by atoms with Crippen LogP contribution in [0.4, 0.5) is 4.79 Å². The van der Waals surface area contributed by atoms with Gasteiger partial charge in [-0.2, -0.15) is 5.26 Å². The van der Waals surface area contributed by atoms with E-state index in [0.29, 0.717) is 12.0 Å². The first-order chi connectivity index (χ1) is 19.0. The average molecular weight is 515 g/mol. The Balaban J connectivity index is 1.63. The van der Waals surface area contributed by atoms with Gasteiger partial charge in [0.15, 0.2) is 0 Å². The summed E-state index contributed by atoms with van der Waals surface area (Å²) in [5.41, 5.74) is 6.60. The maximum absolute atomic E-state index is 12.2. The molecule has 0 bridgehead atoms. The Morgan fingerprint density at radius 1 is 0.923 bits per heavy atom. The van der Waals surface area contributed by atoms with Crippen molar-refractivity contribution in [1.29, 1.82) is 5.26 Å². The molecule has 0 fully saturated rings. The standard InChI is InChI=1S/C33H30N4O2/c1-22-35-29-19-17-27(20-30(29)36-22)32(37-33(38)39)28(18-16-23-12-14-24(21-34)15-13-23)31(25-8-4-2-5-9-25)26-10-6-3-7-11-26/h2-15,17,19-20,28,31-32,37H,16,18H2,1H3,(H,35,36)(H,38,39). The fourth-order valence-corrected chi connectivity index (χ4v) is 5.53. The van der Waals surface area contributed by atoms with Crippen molar-refractivity contribution in [2.24, 2.45) is 5.92 Å².